The third-order valence-electron chi connectivity index (χ3n) is 12.9. The van der Waals surface area contributed by atoms with Crippen LogP contribution in [0.3, 0.4) is 0 Å². The summed E-state index contributed by atoms with van der Waals surface area (Å²) in [5.41, 5.74) is 19.6. The van der Waals surface area contributed by atoms with Crippen molar-refractivity contribution in [3.05, 3.63) is 229 Å². The lowest BCUT2D eigenvalue weighted by Gasteiger charge is -2.23. The second-order valence-electron chi connectivity index (χ2n) is 17.5. The third kappa shape index (κ3) is 7.90. The Labute approximate surface area is 407 Å². The van der Waals surface area contributed by atoms with Crippen LogP contribution in [0.25, 0.3) is 72.3 Å². The number of aromatic amines is 1. The van der Waals surface area contributed by atoms with Gasteiger partial charge in [-0.1, -0.05) is 188 Å². The van der Waals surface area contributed by atoms with Gasteiger partial charge in [0.2, 0.25) is 0 Å². The molecule has 2 aliphatic carbocycles. The molecule has 1 N–H and O–H groups in total. The zero-order chi connectivity index (χ0) is 43.5. The van der Waals surface area contributed by atoms with Gasteiger partial charge in [-0.3, -0.25) is 0 Å². The van der Waals surface area contributed by atoms with Crippen molar-refractivity contribution in [3.8, 4) is 50.5 Å². The first-order valence-corrected chi connectivity index (χ1v) is 24.0. The van der Waals surface area contributed by atoms with E-state index in [1.54, 1.807) is 0 Å². The van der Waals surface area contributed by atoms with Crippen molar-refractivity contribution in [3.63, 3.8) is 0 Å². The highest BCUT2D eigenvalue weighted by Crippen LogP contribution is 2.51. The average Bonchev–Trinajstić information content (AvgIpc) is 4.02. The first-order valence-electron chi connectivity index (χ1n) is 21.3. The Hall–Kier alpha value is -5.47. The molecule has 2 nitrogen and oxygen atoms in total. The van der Waals surface area contributed by atoms with E-state index < -0.39 is 0 Å². The van der Waals surface area contributed by atoms with E-state index >= 15 is 0 Å². The van der Waals surface area contributed by atoms with Crippen molar-refractivity contribution in [1.29, 1.82) is 0 Å². The Morgan fingerprint density at radius 1 is 0.453 bits per heavy atom. The zero-order valence-electron chi connectivity index (χ0n) is 35.6. The smallest absolute Gasteiger partial charge is 0.0540 e. The van der Waals surface area contributed by atoms with E-state index in [0.717, 1.165) is 8.95 Å². The molecule has 0 radical (unpaired) electrons. The molecule has 2 heterocycles. The number of aromatic nitrogens is 2. The van der Waals surface area contributed by atoms with Gasteiger partial charge in [-0.05, 0) is 151 Å². The molecule has 0 atom stereocenters. The molecule has 0 unspecified atom stereocenters. The highest BCUT2D eigenvalue weighted by Gasteiger charge is 2.37. The number of hydrogen-bond donors (Lipinski definition) is 1. The lowest BCUT2D eigenvalue weighted by molar-refractivity contribution is 0.659. The van der Waals surface area contributed by atoms with E-state index in [-0.39, 0.29) is 18.3 Å². The lowest BCUT2D eigenvalue weighted by Crippen LogP contribution is -2.15. The highest BCUT2D eigenvalue weighted by molar-refractivity contribution is 14.1. The molecule has 0 bridgehead atoms. The van der Waals surface area contributed by atoms with Gasteiger partial charge in [0.1, 0.15) is 0 Å². The van der Waals surface area contributed by atoms with Gasteiger partial charge < -0.3 is 9.55 Å². The maximum atomic E-state index is 3.67. The summed E-state index contributed by atoms with van der Waals surface area (Å²) >= 11 is 9.63. The number of halogens is 3. The molecule has 10 aromatic rings. The molecule has 12 rings (SSSR count). The van der Waals surface area contributed by atoms with E-state index in [1.807, 2.05) is 12.1 Å². The summed E-state index contributed by atoms with van der Waals surface area (Å²) in [7, 11) is 0. The Kier molecular flexibility index (Phi) is 12.0. The van der Waals surface area contributed by atoms with E-state index in [0.29, 0.717) is 0 Å². The molecule has 316 valence electrons. The molecule has 0 fully saturated rings. The fourth-order valence-corrected chi connectivity index (χ4v) is 10.8. The number of para-hydroxylation sites is 2. The van der Waals surface area contributed by atoms with Gasteiger partial charge in [0.15, 0.2) is 0 Å². The minimum atomic E-state index is -0.0413. The van der Waals surface area contributed by atoms with Gasteiger partial charge in [0.05, 0.1) is 11.2 Å². The topological polar surface area (TPSA) is 20.7 Å². The molecule has 0 amide bonds. The summed E-state index contributed by atoms with van der Waals surface area (Å²) in [6.07, 6.45) is 0. The molecule has 0 saturated heterocycles. The van der Waals surface area contributed by atoms with E-state index in [2.05, 4.69) is 274 Å². The predicted octanol–water partition coefficient (Wildman–Crippen LogP) is 18.2. The van der Waals surface area contributed by atoms with Crippen LogP contribution >= 0.6 is 54.5 Å². The van der Waals surface area contributed by atoms with Crippen LogP contribution in [0.15, 0.2) is 203 Å². The Morgan fingerprint density at radius 3 is 1.55 bits per heavy atom. The van der Waals surface area contributed by atoms with Crippen LogP contribution in [0.1, 0.15) is 57.4 Å². The van der Waals surface area contributed by atoms with Crippen LogP contribution in [0.5, 0.6) is 0 Å². The van der Waals surface area contributed by atoms with E-state index in [1.165, 1.54) is 98.1 Å². The van der Waals surface area contributed by atoms with Crippen molar-refractivity contribution < 1.29 is 0 Å². The fourth-order valence-electron chi connectivity index (χ4n) is 9.62. The van der Waals surface area contributed by atoms with Crippen molar-refractivity contribution >= 4 is 76.3 Å². The van der Waals surface area contributed by atoms with Crippen molar-refractivity contribution in [2.45, 2.75) is 46.0 Å². The molecule has 0 saturated carbocycles. The predicted molar refractivity (Wildman–Crippen MR) is 289 cm³/mol. The average molecular weight is 1070 g/mol. The van der Waals surface area contributed by atoms with Crippen LogP contribution in [-0.2, 0) is 10.8 Å². The number of nitrogens with zero attached hydrogens (tertiary/aromatic N) is 1. The molecule has 2 aliphatic rings. The van der Waals surface area contributed by atoms with E-state index in [9.17, 15) is 0 Å². The Balaban J connectivity index is 0.000000133. The molecule has 2 aromatic heterocycles. The van der Waals surface area contributed by atoms with Gasteiger partial charge in [-0.2, -0.15) is 0 Å². The number of nitrogens with one attached hydrogen (secondary N) is 1. The maximum Gasteiger partial charge on any atom is 0.0540 e. The summed E-state index contributed by atoms with van der Waals surface area (Å²) in [5, 5.41) is 2.52. The summed E-state index contributed by atoms with van der Waals surface area (Å²) < 4.78 is 6.00. The number of rotatable bonds is 3. The summed E-state index contributed by atoms with van der Waals surface area (Å²) in [4.78, 5) is 3.41. The van der Waals surface area contributed by atoms with Crippen LogP contribution in [-0.4, -0.2) is 9.55 Å². The minimum Gasteiger partial charge on any atom is -0.355 e. The molecule has 8 aromatic carbocycles. The molecule has 0 aliphatic heterocycles. The Bertz CT molecular complexity index is 3240. The molecule has 0 spiro atoms. The quantitative estimate of drug-likeness (QED) is 0.170. The van der Waals surface area contributed by atoms with Crippen LogP contribution in [0.2, 0.25) is 0 Å². The number of H-pyrrole nitrogens is 1. The number of hydrogen-bond acceptors (Lipinski definition) is 0. The van der Waals surface area contributed by atoms with E-state index in [4.69, 9.17) is 0 Å². The largest absolute Gasteiger partial charge is 0.355 e. The zero-order valence-corrected chi connectivity index (χ0v) is 40.9. The first kappa shape index (κ1) is 43.8. The summed E-state index contributed by atoms with van der Waals surface area (Å²) in [5.74, 6) is 0. The lowest BCUT2D eigenvalue weighted by atomic mass is 9.82. The van der Waals surface area contributed by atoms with Crippen molar-refractivity contribution in [2.75, 3.05) is 0 Å². The van der Waals surface area contributed by atoms with Crippen molar-refractivity contribution in [1.82, 2.24) is 9.55 Å². The van der Waals surface area contributed by atoms with Gasteiger partial charge >= 0.3 is 0 Å². The summed E-state index contributed by atoms with van der Waals surface area (Å²) in [6, 6.07) is 69.5. The third-order valence-corrected chi connectivity index (χ3v) is 14.5. The summed E-state index contributed by atoms with van der Waals surface area (Å²) in [6.45, 7) is 9.28. The standard InChI is InChI=1S/C29H22BrN.C15H12BrI.C14H11N.CH4/c1-29(2)25-17-21(30)12-14-23(25)24-15-13-22(18-26(24)29)31-27-11-7-6-10-20(27)16-28(31)19-8-4-3-5-9-19;1-15(2)13-7-9(16)3-5-11(13)12-6-4-10(17)8-14(12)15;1-2-6-11(7-3-1)14-10-12-8-4-5-9-13(12)15-14;/h3-18H,1-2H3;3-8H,1-2H3;1-10,15H;1H4. The number of benzene rings is 8. The molecular formula is C59H49Br2IN2. The molecule has 5 heteroatoms. The monoisotopic (exact) mass is 1070 g/mol. The van der Waals surface area contributed by atoms with Crippen LogP contribution in [0, 0.1) is 3.57 Å². The van der Waals surface area contributed by atoms with Gasteiger partial charge in [0.25, 0.3) is 0 Å². The second-order valence-corrected chi connectivity index (χ2v) is 20.6. The van der Waals surface area contributed by atoms with Crippen molar-refractivity contribution in [2.24, 2.45) is 0 Å². The fraction of sp³-hybridized carbons (Fsp3) is 0.119. The second kappa shape index (κ2) is 17.5. The van der Waals surface area contributed by atoms with Gasteiger partial charge in [-0.15, -0.1) is 0 Å². The van der Waals surface area contributed by atoms with Crippen LogP contribution in [0.4, 0.5) is 0 Å². The van der Waals surface area contributed by atoms with Crippen LogP contribution < -0.4 is 0 Å². The SMILES string of the molecule is C.CC1(C)c2cc(Br)ccc2-c2ccc(-n3c(-c4ccccc4)cc4ccccc43)cc21.CC1(C)c2cc(Br)ccc2-c2ccc(I)cc21.c1ccc(-c2cc3ccccc3[nH]2)cc1. The Morgan fingerprint density at radius 2 is 0.938 bits per heavy atom. The normalized spacial score (nSPS) is 13.4. The first-order chi connectivity index (χ1) is 30.5. The van der Waals surface area contributed by atoms with Gasteiger partial charge in [0, 0.05) is 51.0 Å². The molecule has 64 heavy (non-hydrogen) atoms. The number of fused-ring (bicyclic) bond motifs is 8. The maximum absolute atomic E-state index is 3.67. The molecular weight excluding hydrogens is 1020 g/mol. The minimum absolute atomic E-state index is 0. The highest BCUT2D eigenvalue weighted by atomic mass is 127. The van der Waals surface area contributed by atoms with Gasteiger partial charge in [-0.25, -0.2) is 0 Å².